The predicted octanol–water partition coefficient (Wildman–Crippen LogP) is 1.68. The molecule has 1 atom stereocenters. The molecule has 22 heavy (non-hydrogen) atoms. The van der Waals surface area contributed by atoms with Crippen LogP contribution in [0.2, 0.25) is 5.02 Å². The smallest absolute Gasteiger partial charge is 0.311 e. The van der Waals surface area contributed by atoms with Crippen molar-refractivity contribution in [1.29, 1.82) is 0 Å². The van der Waals surface area contributed by atoms with Crippen LogP contribution in [0.5, 0.6) is 0 Å². The summed E-state index contributed by atoms with van der Waals surface area (Å²) in [5.74, 6) is -1.42. The summed E-state index contributed by atoms with van der Waals surface area (Å²) in [7, 11) is -3.46. The normalized spacial score (nSPS) is 21.9. The highest BCUT2D eigenvalue weighted by molar-refractivity contribution is 7.90. The Balaban J connectivity index is 2.33. The average Bonchev–Trinajstić information content (AvgIpc) is 2.81. The molecule has 0 aliphatic carbocycles. The Morgan fingerprint density at radius 3 is 2.50 bits per heavy atom. The number of carboxylic acids is 1. The molecule has 1 saturated heterocycles. The van der Waals surface area contributed by atoms with Crippen LogP contribution < -0.4 is 0 Å². The standard InChI is InChI=1S/C14H16ClNO5S/c1-14(13(18)19)5-6-16(8-14)12(17)10-7-9(22(2,20)21)3-4-11(10)15/h3-4,7H,5-6,8H2,1-2H3,(H,18,19)/t14-/m1/s1. The maximum absolute atomic E-state index is 12.5. The van der Waals surface area contributed by atoms with Crippen molar-refractivity contribution in [2.24, 2.45) is 5.41 Å². The molecule has 0 radical (unpaired) electrons. The van der Waals surface area contributed by atoms with Crippen LogP contribution in [0.1, 0.15) is 23.7 Å². The summed E-state index contributed by atoms with van der Waals surface area (Å²) in [6.45, 7) is 1.94. The van der Waals surface area contributed by atoms with Gasteiger partial charge < -0.3 is 10.0 Å². The van der Waals surface area contributed by atoms with E-state index in [-0.39, 0.29) is 22.0 Å². The summed E-state index contributed by atoms with van der Waals surface area (Å²) in [6.07, 6.45) is 1.39. The average molecular weight is 346 g/mol. The van der Waals surface area contributed by atoms with Gasteiger partial charge >= 0.3 is 5.97 Å². The molecule has 1 N–H and O–H groups in total. The number of likely N-dealkylation sites (tertiary alicyclic amines) is 1. The van der Waals surface area contributed by atoms with Gasteiger partial charge in [-0.2, -0.15) is 0 Å². The van der Waals surface area contributed by atoms with E-state index in [1.165, 1.54) is 23.1 Å². The Labute approximate surface area is 133 Å². The number of halogens is 1. The first-order chi connectivity index (χ1) is 10.0. The van der Waals surface area contributed by atoms with Gasteiger partial charge in [0.15, 0.2) is 9.84 Å². The van der Waals surface area contributed by atoms with E-state index in [1.54, 1.807) is 6.92 Å². The molecule has 0 bridgehead atoms. The summed E-state index contributed by atoms with van der Waals surface area (Å²) < 4.78 is 23.2. The lowest BCUT2D eigenvalue weighted by Gasteiger charge is -2.20. The molecule has 1 aliphatic heterocycles. The van der Waals surface area contributed by atoms with Gasteiger partial charge in [-0.05, 0) is 31.5 Å². The summed E-state index contributed by atoms with van der Waals surface area (Å²) in [5.41, 5.74) is -0.921. The van der Waals surface area contributed by atoms with Crippen LogP contribution in [-0.4, -0.2) is 49.6 Å². The van der Waals surface area contributed by atoms with Gasteiger partial charge in [0.2, 0.25) is 0 Å². The van der Waals surface area contributed by atoms with Gasteiger partial charge in [-0.25, -0.2) is 8.42 Å². The summed E-state index contributed by atoms with van der Waals surface area (Å²) in [5, 5.41) is 9.34. The Bertz CT molecular complexity index is 746. The molecular weight excluding hydrogens is 330 g/mol. The van der Waals surface area contributed by atoms with Crippen LogP contribution in [0.25, 0.3) is 0 Å². The topological polar surface area (TPSA) is 91.8 Å². The minimum absolute atomic E-state index is 0.000410. The molecule has 8 heteroatoms. The SMILES string of the molecule is C[C@@]1(C(=O)O)CCN(C(=O)c2cc(S(C)(=O)=O)ccc2Cl)C1. The van der Waals surface area contributed by atoms with Gasteiger partial charge in [-0.3, -0.25) is 9.59 Å². The molecule has 1 fully saturated rings. The molecular formula is C14H16ClNO5S. The molecule has 0 unspecified atom stereocenters. The van der Waals surface area contributed by atoms with Crippen molar-refractivity contribution in [1.82, 2.24) is 4.90 Å². The van der Waals surface area contributed by atoms with Crippen LogP contribution in [0.4, 0.5) is 0 Å². The second kappa shape index (κ2) is 5.55. The van der Waals surface area contributed by atoms with E-state index >= 15 is 0 Å². The summed E-state index contributed by atoms with van der Waals surface area (Å²) in [4.78, 5) is 25.1. The van der Waals surface area contributed by atoms with Gasteiger partial charge in [0.1, 0.15) is 0 Å². The lowest BCUT2D eigenvalue weighted by Crippen LogP contribution is -2.35. The van der Waals surface area contributed by atoms with Crippen LogP contribution in [0, 0.1) is 5.41 Å². The first kappa shape index (κ1) is 16.8. The fourth-order valence-corrected chi connectivity index (χ4v) is 3.22. The second-order valence-corrected chi connectivity index (χ2v) is 8.18. The molecule has 120 valence electrons. The molecule has 1 aromatic carbocycles. The number of nitrogens with zero attached hydrogens (tertiary/aromatic N) is 1. The number of carbonyl (C=O) groups is 2. The van der Waals surface area contributed by atoms with E-state index in [1.807, 2.05) is 0 Å². The van der Waals surface area contributed by atoms with Crippen molar-refractivity contribution in [3.05, 3.63) is 28.8 Å². The third kappa shape index (κ3) is 3.10. The molecule has 1 aliphatic rings. The van der Waals surface area contributed by atoms with Crippen LogP contribution in [-0.2, 0) is 14.6 Å². The number of carboxylic acid groups (broad SMARTS) is 1. The van der Waals surface area contributed by atoms with Crippen molar-refractivity contribution in [3.8, 4) is 0 Å². The molecule has 0 aromatic heterocycles. The molecule has 0 saturated carbocycles. The van der Waals surface area contributed by atoms with Gasteiger partial charge in [-0.15, -0.1) is 0 Å². The number of hydrogen-bond donors (Lipinski definition) is 1. The number of rotatable bonds is 3. The Kier molecular flexibility index (Phi) is 4.23. The van der Waals surface area contributed by atoms with Crippen molar-refractivity contribution in [2.75, 3.05) is 19.3 Å². The fraction of sp³-hybridized carbons (Fsp3) is 0.429. The van der Waals surface area contributed by atoms with E-state index in [0.29, 0.717) is 13.0 Å². The number of amides is 1. The predicted molar refractivity (Wildman–Crippen MR) is 80.8 cm³/mol. The zero-order valence-corrected chi connectivity index (χ0v) is 13.7. The van der Waals surface area contributed by atoms with Crippen LogP contribution in [0.15, 0.2) is 23.1 Å². The first-order valence-electron chi connectivity index (χ1n) is 6.57. The Morgan fingerprint density at radius 1 is 1.36 bits per heavy atom. The van der Waals surface area contributed by atoms with Crippen molar-refractivity contribution in [2.45, 2.75) is 18.2 Å². The number of benzene rings is 1. The molecule has 1 heterocycles. The Morgan fingerprint density at radius 2 is 2.00 bits per heavy atom. The molecule has 2 rings (SSSR count). The number of carbonyl (C=O) groups excluding carboxylic acids is 1. The second-order valence-electron chi connectivity index (χ2n) is 5.76. The fourth-order valence-electron chi connectivity index (χ4n) is 2.38. The first-order valence-corrected chi connectivity index (χ1v) is 8.84. The van der Waals surface area contributed by atoms with Gasteiger partial charge in [0.25, 0.3) is 5.91 Å². The molecule has 6 nitrogen and oxygen atoms in total. The van der Waals surface area contributed by atoms with Gasteiger partial charge in [0.05, 0.1) is 20.9 Å². The minimum atomic E-state index is -3.46. The van der Waals surface area contributed by atoms with Crippen molar-refractivity contribution < 1.29 is 23.1 Å². The van der Waals surface area contributed by atoms with E-state index < -0.39 is 27.1 Å². The highest BCUT2D eigenvalue weighted by atomic mass is 35.5. The summed E-state index contributed by atoms with van der Waals surface area (Å²) in [6, 6.07) is 3.92. The van der Waals surface area contributed by atoms with Crippen LogP contribution in [0.3, 0.4) is 0 Å². The largest absolute Gasteiger partial charge is 0.481 e. The minimum Gasteiger partial charge on any atom is -0.481 e. The van der Waals surface area contributed by atoms with E-state index in [4.69, 9.17) is 11.6 Å². The summed E-state index contributed by atoms with van der Waals surface area (Å²) >= 11 is 5.99. The van der Waals surface area contributed by atoms with Gasteiger partial charge in [-0.1, -0.05) is 11.6 Å². The third-order valence-corrected chi connectivity index (χ3v) is 5.31. The quantitative estimate of drug-likeness (QED) is 0.899. The molecule has 1 amide bonds. The molecule has 1 aromatic rings. The number of sulfone groups is 1. The van der Waals surface area contributed by atoms with Crippen LogP contribution >= 0.6 is 11.6 Å². The van der Waals surface area contributed by atoms with E-state index in [2.05, 4.69) is 0 Å². The van der Waals surface area contributed by atoms with Crippen molar-refractivity contribution in [3.63, 3.8) is 0 Å². The maximum Gasteiger partial charge on any atom is 0.311 e. The zero-order valence-electron chi connectivity index (χ0n) is 12.2. The highest BCUT2D eigenvalue weighted by Gasteiger charge is 2.42. The van der Waals surface area contributed by atoms with Gasteiger partial charge in [0, 0.05) is 19.3 Å². The zero-order chi connectivity index (χ0) is 16.7. The monoisotopic (exact) mass is 345 g/mol. The highest BCUT2D eigenvalue weighted by Crippen LogP contribution is 2.32. The lowest BCUT2D eigenvalue weighted by molar-refractivity contribution is -0.147. The van der Waals surface area contributed by atoms with E-state index in [0.717, 1.165) is 6.26 Å². The van der Waals surface area contributed by atoms with Crippen molar-refractivity contribution >= 4 is 33.3 Å². The number of hydrogen-bond acceptors (Lipinski definition) is 4. The lowest BCUT2D eigenvalue weighted by atomic mass is 9.90. The number of aliphatic carboxylic acids is 1. The van der Waals surface area contributed by atoms with E-state index in [9.17, 15) is 23.1 Å². The molecule has 0 spiro atoms. The maximum atomic E-state index is 12.5. The Hall–Kier alpha value is -1.60. The third-order valence-electron chi connectivity index (χ3n) is 3.87.